The number of rotatable bonds is 11. The molecule has 0 saturated heterocycles. The van der Waals surface area contributed by atoms with E-state index in [9.17, 15) is 13.2 Å². The average Bonchev–Trinajstić information content (AvgIpc) is 3.39. The fourth-order valence-corrected chi connectivity index (χ4v) is 6.66. The van der Waals surface area contributed by atoms with Crippen molar-refractivity contribution in [1.29, 1.82) is 0 Å². The Kier molecular flexibility index (Phi) is 8.86. The molecule has 1 aliphatic rings. The quantitative estimate of drug-likeness (QED) is 0.364. The second kappa shape index (κ2) is 12.1. The van der Waals surface area contributed by atoms with Crippen molar-refractivity contribution in [2.24, 2.45) is 0 Å². The summed E-state index contributed by atoms with van der Waals surface area (Å²) >= 11 is 1.66. The molecular weight excluding hydrogens is 512 g/mol. The Bertz CT molecular complexity index is 1310. The lowest BCUT2D eigenvalue weighted by molar-refractivity contribution is -0.135. The van der Waals surface area contributed by atoms with E-state index in [0.717, 1.165) is 11.1 Å². The van der Waals surface area contributed by atoms with Crippen LogP contribution in [0.5, 0.6) is 11.5 Å². The molecule has 1 aromatic heterocycles. The van der Waals surface area contributed by atoms with E-state index in [4.69, 9.17) is 14.2 Å². The normalized spacial score (nSPS) is 15.5. The van der Waals surface area contributed by atoms with Gasteiger partial charge in [-0.1, -0.05) is 29.8 Å². The summed E-state index contributed by atoms with van der Waals surface area (Å²) in [5.41, 5.74) is 1.99. The van der Waals surface area contributed by atoms with Crippen molar-refractivity contribution in [3.05, 3.63) is 76.0 Å². The highest BCUT2D eigenvalue weighted by molar-refractivity contribution is 7.89. The molecular formula is C27H32N2O6S2. The van der Waals surface area contributed by atoms with E-state index in [2.05, 4.69) is 0 Å². The van der Waals surface area contributed by atoms with Gasteiger partial charge in [0.05, 0.1) is 31.2 Å². The highest BCUT2D eigenvalue weighted by Crippen LogP contribution is 2.35. The van der Waals surface area contributed by atoms with Gasteiger partial charge in [-0.3, -0.25) is 4.79 Å². The van der Waals surface area contributed by atoms with Crippen LogP contribution in [0.15, 0.2) is 64.9 Å². The number of hydrogen-bond acceptors (Lipinski definition) is 7. The van der Waals surface area contributed by atoms with Crippen molar-refractivity contribution in [1.82, 2.24) is 9.21 Å². The average molecular weight is 545 g/mol. The molecule has 0 N–H and O–H groups in total. The molecule has 0 bridgehead atoms. The maximum Gasteiger partial charge on any atom is 0.243 e. The first-order chi connectivity index (χ1) is 17.8. The highest BCUT2D eigenvalue weighted by Gasteiger charge is 2.35. The molecule has 0 spiro atoms. The van der Waals surface area contributed by atoms with Crippen LogP contribution in [0.4, 0.5) is 0 Å². The van der Waals surface area contributed by atoms with Crippen molar-refractivity contribution >= 4 is 27.3 Å². The summed E-state index contributed by atoms with van der Waals surface area (Å²) in [4.78, 5) is 16.8. The van der Waals surface area contributed by atoms with Crippen LogP contribution in [0.25, 0.3) is 0 Å². The second-order valence-corrected chi connectivity index (χ2v) is 11.7. The van der Waals surface area contributed by atoms with Gasteiger partial charge in [-0.05, 0) is 54.6 Å². The molecule has 2 heterocycles. The molecule has 8 nitrogen and oxygen atoms in total. The number of para-hydroxylation sites is 2. The Morgan fingerprint density at radius 1 is 1.08 bits per heavy atom. The van der Waals surface area contributed by atoms with Gasteiger partial charge in [-0.15, -0.1) is 11.3 Å². The van der Waals surface area contributed by atoms with Gasteiger partial charge in [0, 0.05) is 25.1 Å². The number of amides is 1. The van der Waals surface area contributed by atoms with Crippen molar-refractivity contribution in [2.45, 2.75) is 24.3 Å². The zero-order chi connectivity index (χ0) is 26.4. The molecule has 10 heteroatoms. The first-order valence-electron chi connectivity index (χ1n) is 12.0. The van der Waals surface area contributed by atoms with Crippen LogP contribution < -0.4 is 9.47 Å². The van der Waals surface area contributed by atoms with Gasteiger partial charge < -0.3 is 19.1 Å². The van der Waals surface area contributed by atoms with Crippen LogP contribution >= 0.6 is 11.3 Å². The van der Waals surface area contributed by atoms with E-state index in [-0.39, 0.29) is 43.1 Å². The van der Waals surface area contributed by atoms with Gasteiger partial charge in [-0.25, -0.2) is 8.42 Å². The van der Waals surface area contributed by atoms with Gasteiger partial charge in [0.25, 0.3) is 0 Å². The monoisotopic (exact) mass is 544 g/mol. The fourth-order valence-electron chi connectivity index (χ4n) is 4.36. The molecule has 4 rings (SSSR count). The number of ether oxygens (including phenoxy) is 3. The summed E-state index contributed by atoms with van der Waals surface area (Å²) in [6.45, 7) is 2.55. The molecule has 0 saturated carbocycles. The predicted octanol–water partition coefficient (Wildman–Crippen LogP) is 3.91. The molecule has 1 atom stereocenters. The van der Waals surface area contributed by atoms with E-state index in [1.165, 1.54) is 16.3 Å². The van der Waals surface area contributed by atoms with Gasteiger partial charge in [0.15, 0.2) is 11.5 Å². The lowest BCUT2D eigenvalue weighted by Gasteiger charge is -2.37. The standard InChI is InChI=1S/C27H32N2O6S2/c1-20-8-10-21(11-9-20)37(31,32)28(15-16-33-2)18-27(30)29-14-12-26-22(13-17-36-26)23(29)19-35-25-7-5-4-6-24(25)34-3/h4-11,13,17,23H,12,14-16,18-19H2,1-3H3/t23-/m1/s1. The third-order valence-electron chi connectivity index (χ3n) is 6.40. The number of hydrogen-bond donors (Lipinski definition) is 0. The molecule has 2 aromatic carbocycles. The lowest BCUT2D eigenvalue weighted by atomic mass is 10.0. The summed E-state index contributed by atoms with van der Waals surface area (Å²) in [6.07, 6.45) is 0.715. The first kappa shape index (κ1) is 27.1. The van der Waals surface area contributed by atoms with Crippen LogP contribution in [-0.4, -0.2) is 70.6 Å². The van der Waals surface area contributed by atoms with E-state index in [1.807, 2.05) is 42.6 Å². The van der Waals surface area contributed by atoms with E-state index >= 15 is 0 Å². The van der Waals surface area contributed by atoms with Gasteiger partial charge in [0.2, 0.25) is 15.9 Å². The zero-order valence-electron chi connectivity index (χ0n) is 21.3. The van der Waals surface area contributed by atoms with Gasteiger partial charge in [-0.2, -0.15) is 4.31 Å². The molecule has 0 aliphatic carbocycles. The smallest absolute Gasteiger partial charge is 0.243 e. The Balaban J connectivity index is 1.57. The summed E-state index contributed by atoms with van der Waals surface area (Å²) in [5.74, 6) is 0.914. The zero-order valence-corrected chi connectivity index (χ0v) is 22.9. The third kappa shape index (κ3) is 6.15. The van der Waals surface area contributed by atoms with Crippen molar-refractivity contribution in [3.8, 4) is 11.5 Å². The molecule has 0 unspecified atom stereocenters. The number of thiophene rings is 1. The minimum Gasteiger partial charge on any atom is -0.493 e. The summed E-state index contributed by atoms with van der Waals surface area (Å²) in [5, 5.41) is 2.02. The fraction of sp³-hybridized carbons (Fsp3) is 0.370. The van der Waals surface area contributed by atoms with E-state index < -0.39 is 10.0 Å². The van der Waals surface area contributed by atoms with Crippen LogP contribution in [0.2, 0.25) is 0 Å². The lowest BCUT2D eigenvalue weighted by Crippen LogP contribution is -2.48. The van der Waals surface area contributed by atoms with Gasteiger partial charge in [0.1, 0.15) is 6.61 Å². The molecule has 1 amide bonds. The number of aryl methyl sites for hydroxylation is 1. The van der Waals surface area contributed by atoms with Crippen LogP contribution in [-0.2, 0) is 26.0 Å². The number of methoxy groups -OCH3 is 2. The van der Waals surface area contributed by atoms with Crippen molar-refractivity contribution < 1.29 is 27.4 Å². The minimum absolute atomic E-state index is 0.0678. The molecule has 37 heavy (non-hydrogen) atoms. The molecule has 198 valence electrons. The van der Waals surface area contributed by atoms with Crippen LogP contribution in [0.3, 0.4) is 0 Å². The Hall–Kier alpha value is -2.92. The second-order valence-electron chi connectivity index (χ2n) is 8.76. The summed E-state index contributed by atoms with van der Waals surface area (Å²) in [7, 11) is -0.807. The molecule has 0 radical (unpaired) electrons. The van der Waals surface area contributed by atoms with Crippen LogP contribution in [0, 0.1) is 6.92 Å². The molecule has 3 aromatic rings. The maximum atomic E-state index is 13.7. The van der Waals surface area contributed by atoms with Crippen molar-refractivity contribution in [2.75, 3.05) is 47.1 Å². The number of carbonyl (C=O) groups excluding carboxylic acids is 1. The Morgan fingerprint density at radius 3 is 2.51 bits per heavy atom. The molecule has 0 fully saturated rings. The van der Waals surface area contributed by atoms with Crippen LogP contribution in [0.1, 0.15) is 22.0 Å². The Labute approximate surface area is 222 Å². The number of benzene rings is 2. The maximum absolute atomic E-state index is 13.7. The van der Waals surface area contributed by atoms with E-state index in [1.54, 1.807) is 47.6 Å². The van der Waals surface area contributed by atoms with Crippen molar-refractivity contribution in [3.63, 3.8) is 0 Å². The summed E-state index contributed by atoms with van der Waals surface area (Å²) < 4.78 is 44.8. The number of fused-ring (bicyclic) bond motifs is 1. The number of carbonyl (C=O) groups is 1. The predicted molar refractivity (Wildman–Crippen MR) is 143 cm³/mol. The molecule has 1 aliphatic heterocycles. The SMILES string of the molecule is COCCN(CC(=O)N1CCc2sccc2[C@H]1COc1ccccc1OC)S(=O)(=O)c1ccc(C)cc1. The topological polar surface area (TPSA) is 85.4 Å². The minimum atomic E-state index is -3.90. The number of nitrogens with zero attached hydrogens (tertiary/aromatic N) is 2. The Morgan fingerprint density at radius 2 is 1.81 bits per heavy atom. The number of sulfonamides is 1. The third-order valence-corrected chi connectivity index (χ3v) is 9.25. The van der Waals surface area contributed by atoms with Gasteiger partial charge >= 0.3 is 0 Å². The summed E-state index contributed by atoms with van der Waals surface area (Å²) in [6, 6.07) is 15.7. The van der Waals surface area contributed by atoms with E-state index in [0.29, 0.717) is 24.5 Å². The largest absolute Gasteiger partial charge is 0.493 e. The first-order valence-corrected chi connectivity index (χ1v) is 14.3. The highest BCUT2D eigenvalue weighted by atomic mass is 32.2.